The molecule has 6 heteroatoms. The van der Waals surface area contributed by atoms with Crippen LogP contribution in [0.15, 0.2) is 59.4 Å². The Morgan fingerprint density at radius 3 is 2.50 bits per heavy atom. The van der Waals surface area contributed by atoms with Crippen LogP contribution in [0.1, 0.15) is 10.4 Å². The lowest BCUT2D eigenvalue weighted by atomic mass is 10.0. The molecule has 0 aliphatic rings. The topological polar surface area (TPSA) is 37.8 Å². The fraction of sp³-hybridized carbons (Fsp3) is 0.100. The lowest BCUT2D eigenvalue weighted by molar-refractivity contribution is 0.735. The highest BCUT2D eigenvalue weighted by atomic mass is 35.5. The first-order valence-corrected chi connectivity index (χ1v) is 9.71. The minimum Gasteiger partial charge on any atom is -0.323 e. The number of aryl methyl sites for hydroxylation is 1. The average Bonchev–Trinajstić information content (AvgIpc) is 2.96. The Balaban J connectivity index is 1.96. The third-order valence-electron chi connectivity index (χ3n) is 4.33. The number of H-pyrrole nitrogens is 1. The summed E-state index contributed by atoms with van der Waals surface area (Å²) in [6.45, 7) is 2.46. The number of nitrogens with zero attached hydrogens (tertiary/aromatic N) is 1. The molecule has 4 rings (SSSR count). The summed E-state index contributed by atoms with van der Waals surface area (Å²) in [6.07, 6.45) is 0. The van der Waals surface area contributed by atoms with Gasteiger partial charge in [-0.15, -0.1) is 11.3 Å². The highest BCUT2D eigenvalue weighted by Gasteiger charge is 2.17. The molecule has 0 bridgehead atoms. The van der Waals surface area contributed by atoms with Crippen molar-refractivity contribution in [3.8, 4) is 11.1 Å². The van der Waals surface area contributed by atoms with Crippen LogP contribution in [-0.4, -0.2) is 9.55 Å². The van der Waals surface area contributed by atoms with Crippen LogP contribution in [0.4, 0.5) is 0 Å². The largest absolute Gasteiger partial charge is 0.323 e. The zero-order chi connectivity index (χ0) is 18.3. The number of hydrogen-bond donors (Lipinski definition) is 1. The Morgan fingerprint density at radius 1 is 1.12 bits per heavy atom. The van der Waals surface area contributed by atoms with E-state index in [9.17, 15) is 4.79 Å². The highest BCUT2D eigenvalue weighted by Crippen LogP contribution is 2.36. The molecule has 3 nitrogen and oxygen atoms in total. The number of rotatable bonds is 3. The Morgan fingerprint density at radius 2 is 1.81 bits per heavy atom. The summed E-state index contributed by atoms with van der Waals surface area (Å²) < 4.78 is 2.06. The van der Waals surface area contributed by atoms with Gasteiger partial charge in [0.25, 0.3) is 5.56 Å². The molecule has 2 aromatic heterocycles. The van der Waals surface area contributed by atoms with Crippen LogP contribution in [0.25, 0.3) is 21.3 Å². The van der Waals surface area contributed by atoms with E-state index in [-0.39, 0.29) is 5.56 Å². The van der Waals surface area contributed by atoms with Crippen LogP contribution in [-0.2, 0) is 6.54 Å². The number of fused-ring (bicyclic) bond motifs is 1. The predicted molar refractivity (Wildman–Crippen MR) is 112 cm³/mol. The molecule has 0 atom stereocenters. The van der Waals surface area contributed by atoms with Crippen LogP contribution >= 0.6 is 35.2 Å². The molecule has 0 fully saturated rings. The monoisotopic (exact) mass is 398 g/mol. The summed E-state index contributed by atoms with van der Waals surface area (Å²) >= 11 is 13.0. The van der Waals surface area contributed by atoms with Gasteiger partial charge in [-0.05, 0) is 42.4 Å². The van der Waals surface area contributed by atoms with Crippen molar-refractivity contribution in [2.75, 3.05) is 0 Å². The number of benzene rings is 2. The van der Waals surface area contributed by atoms with Gasteiger partial charge in [-0.25, -0.2) is 0 Å². The van der Waals surface area contributed by atoms with Gasteiger partial charge in [0.05, 0.1) is 11.9 Å². The smallest absolute Gasteiger partial charge is 0.263 e. The predicted octanol–water partition coefficient (Wildman–Crippen LogP) is 5.80. The van der Waals surface area contributed by atoms with Crippen molar-refractivity contribution in [3.05, 3.63) is 85.2 Å². The highest BCUT2D eigenvalue weighted by molar-refractivity contribution is 7.71. The van der Waals surface area contributed by atoms with E-state index in [4.69, 9.17) is 23.8 Å². The molecule has 4 aromatic rings. The molecule has 0 saturated heterocycles. The van der Waals surface area contributed by atoms with Gasteiger partial charge in [-0.2, -0.15) is 0 Å². The molecule has 0 radical (unpaired) electrons. The zero-order valence-corrected chi connectivity index (χ0v) is 16.3. The minimum absolute atomic E-state index is 0.0677. The second-order valence-corrected chi connectivity index (χ2v) is 8.10. The van der Waals surface area contributed by atoms with Crippen molar-refractivity contribution in [1.29, 1.82) is 0 Å². The van der Waals surface area contributed by atoms with Crippen molar-refractivity contribution < 1.29 is 0 Å². The van der Waals surface area contributed by atoms with E-state index >= 15 is 0 Å². The number of halogens is 1. The fourth-order valence-electron chi connectivity index (χ4n) is 3.10. The van der Waals surface area contributed by atoms with Crippen molar-refractivity contribution in [3.63, 3.8) is 0 Å². The molecule has 26 heavy (non-hydrogen) atoms. The number of aromatic amines is 1. The molecule has 0 aliphatic carbocycles. The summed E-state index contributed by atoms with van der Waals surface area (Å²) in [7, 11) is 0. The first kappa shape index (κ1) is 17.2. The zero-order valence-electron chi connectivity index (χ0n) is 14.0. The number of hydrogen-bond acceptors (Lipinski definition) is 3. The van der Waals surface area contributed by atoms with Crippen LogP contribution < -0.4 is 5.56 Å². The van der Waals surface area contributed by atoms with Crippen molar-refractivity contribution in [2.45, 2.75) is 13.5 Å². The molecular formula is C20H15ClN2OS2. The van der Waals surface area contributed by atoms with Crippen LogP contribution in [0, 0.1) is 11.7 Å². The van der Waals surface area contributed by atoms with Crippen molar-refractivity contribution in [1.82, 2.24) is 9.55 Å². The normalized spacial score (nSPS) is 11.2. The van der Waals surface area contributed by atoms with Crippen LogP contribution in [0.5, 0.6) is 0 Å². The second kappa shape index (κ2) is 6.83. The Hall–Kier alpha value is -2.21. The maximum Gasteiger partial charge on any atom is 0.263 e. The van der Waals surface area contributed by atoms with E-state index < -0.39 is 0 Å². The molecule has 130 valence electrons. The Labute approximate surface area is 164 Å². The molecule has 0 unspecified atom stereocenters. The van der Waals surface area contributed by atoms with Crippen molar-refractivity contribution >= 4 is 45.4 Å². The van der Waals surface area contributed by atoms with Gasteiger partial charge in [-0.3, -0.25) is 9.36 Å². The fourth-order valence-corrected chi connectivity index (χ4v) is 4.61. The summed E-state index contributed by atoms with van der Waals surface area (Å²) in [5, 5.41) is 1.35. The minimum atomic E-state index is -0.0677. The van der Waals surface area contributed by atoms with Gasteiger partial charge >= 0.3 is 0 Å². The van der Waals surface area contributed by atoms with Gasteiger partial charge in [0, 0.05) is 15.5 Å². The van der Waals surface area contributed by atoms with E-state index in [1.807, 2.05) is 61.5 Å². The first-order chi connectivity index (χ1) is 12.5. The first-order valence-electron chi connectivity index (χ1n) is 8.10. The number of nitrogens with one attached hydrogen (secondary N) is 1. The van der Waals surface area contributed by atoms with Crippen molar-refractivity contribution in [2.24, 2.45) is 0 Å². The lowest BCUT2D eigenvalue weighted by Crippen LogP contribution is -2.22. The summed E-state index contributed by atoms with van der Waals surface area (Å²) in [4.78, 5) is 18.4. The van der Waals surface area contributed by atoms with E-state index in [2.05, 4.69) is 4.98 Å². The molecule has 0 aliphatic heterocycles. The van der Waals surface area contributed by atoms with Gasteiger partial charge in [-0.1, -0.05) is 54.1 Å². The quantitative estimate of drug-likeness (QED) is 0.443. The van der Waals surface area contributed by atoms with Gasteiger partial charge in [0.2, 0.25) is 0 Å². The maximum atomic E-state index is 13.3. The summed E-state index contributed by atoms with van der Waals surface area (Å²) in [6, 6.07) is 17.4. The molecular weight excluding hydrogens is 384 g/mol. The summed E-state index contributed by atoms with van der Waals surface area (Å²) in [5.74, 6) is 0. The molecule has 2 heterocycles. The standard InChI is InChI=1S/C20H15ClN2OS2/c1-12-16(14-7-9-15(21)10-8-14)17-18(26-12)22-20(25)23(19(17)24)11-13-5-3-2-4-6-13/h2-10H,11H2,1H3,(H,22,25). The van der Waals surface area contributed by atoms with Gasteiger partial charge in [0.1, 0.15) is 4.83 Å². The lowest BCUT2D eigenvalue weighted by Gasteiger charge is -2.08. The Kier molecular flexibility index (Phi) is 4.53. The van der Waals surface area contributed by atoms with Gasteiger partial charge < -0.3 is 4.98 Å². The van der Waals surface area contributed by atoms with Gasteiger partial charge in [0.15, 0.2) is 4.77 Å². The average molecular weight is 399 g/mol. The second-order valence-electron chi connectivity index (χ2n) is 6.05. The third kappa shape index (κ3) is 3.03. The van der Waals surface area contributed by atoms with E-state index in [1.165, 1.54) is 0 Å². The summed E-state index contributed by atoms with van der Waals surface area (Å²) in [5.41, 5.74) is 2.89. The van der Waals surface area contributed by atoms with E-state index in [1.54, 1.807) is 15.9 Å². The third-order valence-corrected chi connectivity index (χ3v) is 5.92. The van der Waals surface area contributed by atoms with E-state index in [0.29, 0.717) is 21.7 Å². The van der Waals surface area contributed by atoms with E-state index in [0.717, 1.165) is 26.4 Å². The maximum absolute atomic E-state index is 13.3. The molecule has 0 spiro atoms. The molecule has 1 N–H and O–H groups in total. The number of aromatic nitrogens is 2. The Bertz CT molecular complexity index is 1210. The molecule has 0 amide bonds. The van der Waals surface area contributed by atoms with Crippen LogP contribution in [0.3, 0.4) is 0 Å². The van der Waals surface area contributed by atoms with Crippen LogP contribution in [0.2, 0.25) is 5.02 Å². The molecule has 2 aromatic carbocycles. The number of thiophene rings is 1. The SMILES string of the molecule is Cc1sc2[nH]c(=S)n(Cc3ccccc3)c(=O)c2c1-c1ccc(Cl)cc1. The molecule has 0 saturated carbocycles.